The lowest BCUT2D eigenvalue weighted by Crippen LogP contribution is -2.37. The molecule has 0 heterocycles. The predicted molar refractivity (Wildman–Crippen MR) is 129 cm³/mol. The van der Waals surface area contributed by atoms with Crippen molar-refractivity contribution >= 4 is 23.2 Å². The van der Waals surface area contributed by atoms with Crippen LogP contribution in [0.4, 0.5) is 0 Å². The maximum atomic E-state index is 2.44. The Labute approximate surface area is 172 Å². The van der Waals surface area contributed by atoms with Crippen molar-refractivity contribution in [1.82, 2.24) is 0 Å². The normalized spacial score (nSPS) is 11.9. The van der Waals surface area contributed by atoms with E-state index in [-0.39, 0.29) is 0 Å². The van der Waals surface area contributed by atoms with Crippen LogP contribution in [-0.4, -0.2) is 5.66 Å². The second-order valence-corrected chi connectivity index (χ2v) is 12.9. The van der Waals surface area contributed by atoms with E-state index in [1.807, 2.05) is 0 Å². The van der Waals surface area contributed by atoms with Crippen molar-refractivity contribution in [3.05, 3.63) is 88.0 Å². The summed E-state index contributed by atoms with van der Waals surface area (Å²) in [4.78, 5) is 0. The van der Waals surface area contributed by atoms with Crippen molar-refractivity contribution in [3.63, 3.8) is 0 Å². The summed E-state index contributed by atoms with van der Waals surface area (Å²) in [7, 11) is -1.79. The Morgan fingerprint density at radius 2 is 0.643 bits per heavy atom. The molecule has 0 N–H and O–H groups in total. The van der Waals surface area contributed by atoms with E-state index in [0.29, 0.717) is 5.66 Å². The second-order valence-electron chi connectivity index (χ2n) is 8.85. The van der Waals surface area contributed by atoms with Gasteiger partial charge < -0.3 is 0 Å². The highest BCUT2D eigenvalue weighted by atomic mass is 31.2. The van der Waals surface area contributed by atoms with E-state index in [9.17, 15) is 0 Å². The van der Waals surface area contributed by atoms with Gasteiger partial charge in [-0.15, -0.1) is 0 Å². The average Bonchev–Trinajstić information content (AvgIpc) is 2.52. The number of hydrogen-bond donors (Lipinski definition) is 0. The van der Waals surface area contributed by atoms with Gasteiger partial charge in [0.05, 0.1) is 5.66 Å². The highest BCUT2D eigenvalue weighted by molar-refractivity contribution is 7.96. The van der Waals surface area contributed by atoms with Gasteiger partial charge in [-0.3, -0.25) is 0 Å². The van der Waals surface area contributed by atoms with Crippen LogP contribution in [-0.2, 0) is 0 Å². The third kappa shape index (κ3) is 3.81. The third-order valence-electron chi connectivity index (χ3n) is 5.62. The van der Waals surface area contributed by atoms with E-state index in [0.717, 1.165) is 0 Å². The molecule has 0 aromatic heterocycles. The zero-order chi connectivity index (χ0) is 20.6. The molecule has 0 bridgehead atoms. The van der Waals surface area contributed by atoms with Crippen LogP contribution in [0.25, 0.3) is 0 Å². The lowest BCUT2D eigenvalue weighted by molar-refractivity contribution is 1.09. The fraction of sp³-hybridized carbons (Fsp3) is 0.333. The molecule has 0 aliphatic heterocycles. The summed E-state index contributed by atoms with van der Waals surface area (Å²) in [6.07, 6.45) is 0. The number of aryl methyl sites for hydroxylation is 6. The second kappa shape index (κ2) is 7.84. The highest BCUT2D eigenvalue weighted by Crippen LogP contribution is 2.60. The van der Waals surface area contributed by atoms with Gasteiger partial charge >= 0.3 is 0 Å². The molecule has 3 rings (SSSR count). The summed E-state index contributed by atoms with van der Waals surface area (Å²) in [5.74, 6) is 0. The fourth-order valence-electron chi connectivity index (χ4n) is 4.80. The van der Waals surface area contributed by atoms with E-state index in [4.69, 9.17) is 0 Å². The number of rotatable bonds is 4. The Morgan fingerprint density at radius 3 is 0.821 bits per heavy atom. The fourth-order valence-corrected chi connectivity index (χ4v) is 9.93. The molecular formula is C27H34P+. The van der Waals surface area contributed by atoms with Gasteiger partial charge in [-0.1, -0.05) is 18.2 Å². The van der Waals surface area contributed by atoms with Gasteiger partial charge in [0.1, 0.15) is 23.2 Å². The largest absolute Gasteiger partial charge is 0.114 e. The molecule has 3 aromatic carbocycles. The van der Waals surface area contributed by atoms with Gasteiger partial charge in [0.25, 0.3) is 0 Å². The summed E-state index contributed by atoms with van der Waals surface area (Å²) in [5, 5.41) is 4.53. The Hall–Kier alpha value is -1.91. The minimum absolute atomic E-state index is 0.524. The van der Waals surface area contributed by atoms with Gasteiger partial charge in [0.2, 0.25) is 0 Å². The smallest absolute Gasteiger partial charge is 0.0561 e. The van der Waals surface area contributed by atoms with E-state index >= 15 is 0 Å². The first-order chi connectivity index (χ1) is 13.1. The molecule has 0 unspecified atom stereocenters. The van der Waals surface area contributed by atoms with Crippen molar-refractivity contribution in [1.29, 1.82) is 0 Å². The Balaban J connectivity index is 2.49. The molecule has 3 aromatic rings. The molecule has 0 aliphatic rings. The summed E-state index contributed by atoms with van der Waals surface area (Å²) < 4.78 is 0. The van der Waals surface area contributed by atoms with Crippen molar-refractivity contribution < 1.29 is 0 Å². The first-order valence-electron chi connectivity index (χ1n) is 10.3. The van der Waals surface area contributed by atoms with E-state index in [1.54, 1.807) is 0 Å². The van der Waals surface area contributed by atoms with Crippen molar-refractivity contribution in [2.24, 2.45) is 0 Å². The van der Waals surface area contributed by atoms with Gasteiger partial charge in [-0.2, -0.15) is 0 Å². The zero-order valence-electron chi connectivity index (χ0n) is 18.7. The molecular weight excluding hydrogens is 355 g/mol. The molecule has 0 amide bonds. The predicted octanol–water partition coefficient (Wildman–Crippen LogP) is 6.24. The Bertz CT molecular complexity index is 825. The van der Waals surface area contributed by atoms with Gasteiger partial charge in [0, 0.05) is 0 Å². The SMILES string of the molecule is Cc1cc(C)cc([P+](c2cc(C)cc(C)c2)(c2cc(C)cc(C)c2)C(C)C)c1. The lowest BCUT2D eigenvalue weighted by atomic mass is 10.1. The highest BCUT2D eigenvalue weighted by Gasteiger charge is 2.49. The maximum absolute atomic E-state index is 2.44. The monoisotopic (exact) mass is 389 g/mol. The van der Waals surface area contributed by atoms with Gasteiger partial charge in [-0.25, -0.2) is 0 Å². The molecule has 146 valence electrons. The van der Waals surface area contributed by atoms with Crippen LogP contribution in [0.1, 0.15) is 47.2 Å². The Kier molecular flexibility index (Phi) is 5.83. The first-order valence-corrected chi connectivity index (χ1v) is 12.1. The topological polar surface area (TPSA) is 0 Å². The van der Waals surface area contributed by atoms with E-state index < -0.39 is 7.26 Å². The van der Waals surface area contributed by atoms with Gasteiger partial charge in [-0.05, 0) is 125 Å². The Morgan fingerprint density at radius 1 is 0.429 bits per heavy atom. The molecule has 1 heteroatoms. The van der Waals surface area contributed by atoms with Crippen LogP contribution in [0.3, 0.4) is 0 Å². The molecule has 0 spiro atoms. The van der Waals surface area contributed by atoms with Crippen molar-refractivity contribution in [3.8, 4) is 0 Å². The summed E-state index contributed by atoms with van der Waals surface area (Å²) in [6, 6.07) is 21.5. The molecule has 0 atom stereocenters. The minimum Gasteiger partial charge on any atom is -0.0561 e. The summed E-state index contributed by atoms with van der Waals surface area (Å²) >= 11 is 0. The summed E-state index contributed by atoms with van der Waals surface area (Å²) in [5.41, 5.74) is 8.66. The minimum atomic E-state index is -1.79. The molecule has 0 saturated carbocycles. The molecule has 0 saturated heterocycles. The first kappa shape index (κ1) is 20.8. The molecule has 0 fully saturated rings. The zero-order valence-corrected chi connectivity index (χ0v) is 19.6. The van der Waals surface area contributed by atoms with Crippen molar-refractivity contribution in [2.45, 2.75) is 61.0 Å². The van der Waals surface area contributed by atoms with Crippen LogP contribution < -0.4 is 15.9 Å². The van der Waals surface area contributed by atoms with Crippen LogP contribution in [0, 0.1) is 41.5 Å². The van der Waals surface area contributed by atoms with Crippen LogP contribution in [0.15, 0.2) is 54.6 Å². The third-order valence-corrected chi connectivity index (χ3v) is 10.4. The lowest BCUT2D eigenvalue weighted by Gasteiger charge is -2.32. The number of benzene rings is 3. The van der Waals surface area contributed by atoms with Crippen LogP contribution in [0.2, 0.25) is 0 Å². The average molecular weight is 390 g/mol. The van der Waals surface area contributed by atoms with E-state index in [2.05, 4.69) is 110 Å². The molecule has 0 nitrogen and oxygen atoms in total. The van der Waals surface area contributed by atoms with E-state index in [1.165, 1.54) is 49.3 Å². The molecule has 0 aliphatic carbocycles. The van der Waals surface area contributed by atoms with Crippen molar-refractivity contribution in [2.75, 3.05) is 0 Å². The molecule has 28 heavy (non-hydrogen) atoms. The number of hydrogen-bond acceptors (Lipinski definition) is 0. The van der Waals surface area contributed by atoms with Crippen LogP contribution >= 0.6 is 7.26 Å². The molecule has 0 radical (unpaired) electrons. The van der Waals surface area contributed by atoms with Gasteiger partial charge in [0.15, 0.2) is 0 Å². The quantitative estimate of drug-likeness (QED) is 0.463. The standard InChI is InChI=1S/C27H34P/c1-18(2)28(25-12-19(3)9-20(4)13-25,26-14-21(5)10-22(6)15-26)27-16-23(7)11-24(8)17-27/h9-18H,1-8H3/q+1. The summed E-state index contributed by atoms with van der Waals surface area (Å²) in [6.45, 7) is 18.2. The maximum Gasteiger partial charge on any atom is 0.114 e. The van der Waals surface area contributed by atoms with Crippen LogP contribution in [0.5, 0.6) is 0 Å².